The Morgan fingerprint density at radius 1 is 1.31 bits per heavy atom. The first-order chi connectivity index (χ1) is 13.9. The summed E-state index contributed by atoms with van der Waals surface area (Å²) < 4.78 is 27.8. The first-order valence-electron chi connectivity index (χ1n) is 9.68. The number of hydrogen-bond acceptors (Lipinski definition) is 7. The minimum absolute atomic E-state index is 0.00543. The van der Waals surface area contributed by atoms with Crippen molar-refractivity contribution in [2.45, 2.75) is 43.2 Å². The molecule has 0 radical (unpaired) electrons. The average Bonchev–Trinajstić information content (AvgIpc) is 3.13. The number of sulfonamides is 1. The molecule has 1 aliphatic rings. The molecule has 0 bridgehead atoms. The Hall–Kier alpha value is -1.49. The summed E-state index contributed by atoms with van der Waals surface area (Å²) in [6.45, 7) is 4.77. The second-order valence-electron chi connectivity index (χ2n) is 7.13. The smallest absolute Gasteiger partial charge is 0.229 e. The maximum atomic E-state index is 12.7. The van der Waals surface area contributed by atoms with Crippen molar-refractivity contribution >= 4 is 44.2 Å². The summed E-state index contributed by atoms with van der Waals surface area (Å²) in [4.78, 5) is 12.5. The monoisotopic (exact) mass is 454 g/mol. The summed E-state index contributed by atoms with van der Waals surface area (Å²) >= 11 is 3.00. The van der Waals surface area contributed by atoms with Crippen molar-refractivity contribution in [3.8, 4) is 0 Å². The van der Waals surface area contributed by atoms with E-state index < -0.39 is 10.0 Å². The number of piperidine rings is 1. The summed E-state index contributed by atoms with van der Waals surface area (Å²) in [5.74, 6) is 0.645. The molecule has 0 atom stereocenters. The van der Waals surface area contributed by atoms with Crippen molar-refractivity contribution in [2.24, 2.45) is 5.92 Å². The third-order valence-electron chi connectivity index (χ3n) is 4.72. The Balaban J connectivity index is 1.51. The van der Waals surface area contributed by atoms with Gasteiger partial charge in [-0.15, -0.1) is 10.2 Å². The van der Waals surface area contributed by atoms with Crippen LogP contribution in [0.15, 0.2) is 28.6 Å². The van der Waals surface area contributed by atoms with E-state index in [-0.39, 0.29) is 17.6 Å². The normalized spacial score (nSPS) is 16.1. The van der Waals surface area contributed by atoms with E-state index in [0.717, 1.165) is 27.6 Å². The van der Waals surface area contributed by atoms with Gasteiger partial charge in [0.15, 0.2) is 4.34 Å². The number of anilines is 1. The molecule has 1 amide bonds. The Bertz CT molecular complexity index is 938. The summed E-state index contributed by atoms with van der Waals surface area (Å²) in [5.41, 5.74) is 1.83. The van der Waals surface area contributed by atoms with E-state index in [2.05, 4.69) is 22.4 Å². The molecule has 2 aromatic rings. The largest absolute Gasteiger partial charge is 0.300 e. The van der Waals surface area contributed by atoms with Gasteiger partial charge in [0.05, 0.1) is 5.75 Å². The molecule has 0 unspecified atom stereocenters. The number of carbonyl (C=O) groups excluding carboxylic acids is 1. The van der Waals surface area contributed by atoms with Crippen molar-refractivity contribution < 1.29 is 13.2 Å². The highest BCUT2D eigenvalue weighted by Crippen LogP contribution is 2.28. The second kappa shape index (κ2) is 10.0. The maximum Gasteiger partial charge on any atom is 0.229 e. The number of nitrogens with zero attached hydrogens (tertiary/aromatic N) is 3. The van der Waals surface area contributed by atoms with Gasteiger partial charge < -0.3 is 5.32 Å². The summed E-state index contributed by atoms with van der Waals surface area (Å²) in [5, 5.41) is 11.4. The van der Waals surface area contributed by atoms with Crippen molar-refractivity contribution in [1.82, 2.24) is 14.5 Å². The predicted molar refractivity (Wildman–Crippen MR) is 118 cm³/mol. The zero-order valence-electron chi connectivity index (χ0n) is 16.6. The fourth-order valence-electron chi connectivity index (χ4n) is 3.22. The first-order valence-corrected chi connectivity index (χ1v) is 13.1. The van der Waals surface area contributed by atoms with E-state index in [4.69, 9.17) is 0 Å². The highest BCUT2D eigenvalue weighted by Gasteiger charge is 2.31. The van der Waals surface area contributed by atoms with Gasteiger partial charge in [-0.1, -0.05) is 59.9 Å². The summed E-state index contributed by atoms with van der Waals surface area (Å²) in [6, 6.07) is 7.55. The van der Waals surface area contributed by atoms with E-state index >= 15 is 0 Å². The van der Waals surface area contributed by atoms with E-state index in [1.165, 1.54) is 15.6 Å². The van der Waals surface area contributed by atoms with Gasteiger partial charge in [-0.3, -0.25) is 4.79 Å². The van der Waals surface area contributed by atoms with Crippen LogP contribution < -0.4 is 5.32 Å². The highest BCUT2D eigenvalue weighted by atomic mass is 32.2. The summed E-state index contributed by atoms with van der Waals surface area (Å²) in [7, 11) is -3.39. The van der Waals surface area contributed by atoms with E-state index in [1.807, 2.05) is 31.2 Å². The molecule has 1 aromatic carbocycles. The van der Waals surface area contributed by atoms with Gasteiger partial charge in [-0.25, -0.2) is 12.7 Å². The molecule has 1 N–H and O–H groups in total. The van der Waals surface area contributed by atoms with Gasteiger partial charge in [-0.2, -0.15) is 0 Å². The van der Waals surface area contributed by atoms with Gasteiger partial charge in [0.2, 0.25) is 21.1 Å². The molecule has 1 aliphatic heterocycles. The molecule has 29 heavy (non-hydrogen) atoms. The molecule has 158 valence electrons. The molecule has 0 spiro atoms. The zero-order valence-corrected chi connectivity index (χ0v) is 19.1. The fourth-order valence-corrected chi connectivity index (χ4v) is 6.45. The molecule has 1 aromatic heterocycles. The molecule has 10 heteroatoms. The van der Waals surface area contributed by atoms with Gasteiger partial charge in [0.25, 0.3) is 0 Å². The van der Waals surface area contributed by atoms with Crippen LogP contribution in [-0.2, 0) is 20.6 Å². The molecular formula is C19H26N4O3S3. The van der Waals surface area contributed by atoms with Gasteiger partial charge >= 0.3 is 0 Å². The molecule has 0 aliphatic carbocycles. The van der Waals surface area contributed by atoms with Crippen molar-refractivity contribution in [3.05, 3.63) is 35.4 Å². The molecule has 1 fully saturated rings. The lowest BCUT2D eigenvalue weighted by atomic mass is 9.97. The van der Waals surface area contributed by atoms with Crippen molar-refractivity contribution in [3.63, 3.8) is 0 Å². The lowest BCUT2D eigenvalue weighted by Gasteiger charge is -2.30. The average molecular weight is 455 g/mol. The van der Waals surface area contributed by atoms with Crippen LogP contribution in [0.25, 0.3) is 0 Å². The summed E-state index contributed by atoms with van der Waals surface area (Å²) in [6.07, 6.45) is 2.07. The fraction of sp³-hybridized carbons (Fsp3) is 0.526. The highest BCUT2D eigenvalue weighted by molar-refractivity contribution is 8.01. The van der Waals surface area contributed by atoms with Crippen molar-refractivity contribution in [1.29, 1.82) is 0 Å². The third kappa shape index (κ3) is 6.24. The van der Waals surface area contributed by atoms with Gasteiger partial charge in [0.1, 0.15) is 0 Å². The van der Waals surface area contributed by atoms with E-state index in [9.17, 15) is 13.2 Å². The van der Waals surface area contributed by atoms with Crippen LogP contribution in [0.3, 0.4) is 0 Å². The maximum absolute atomic E-state index is 12.7. The SMILES string of the molecule is CCCSc1nnc(NC(=O)C2CCN(S(=O)(=O)Cc3cccc(C)c3)CC2)s1. The molecular weight excluding hydrogens is 428 g/mol. The minimum atomic E-state index is -3.39. The Labute approximate surface area is 180 Å². The number of aryl methyl sites for hydroxylation is 1. The molecule has 0 saturated carbocycles. The number of hydrogen-bond donors (Lipinski definition) is 1. The Morgan fingerprint density at radius 3 is 2.76 bits per heavy atom. The van der Waals surface area contributed by atoms with Crippen LogP contribution in [0, 0.1) is 12.8 Å². The number of thioether (sulfide) groups is 1. The number of rotatable bonds is 8. The number of amides is 1. The van der Waals surface area contributed by atoms with Crippen molar-refractivity contribution in [2.75, 3.05) is 24.2 Å². The van der Waals surface area contributed by atoms with Gasteiger partial charge in [-0.05, 0) is 31.7 Å². The zero-order chi connectivity index (χ0) is 20.9. The molecule has 3 rings (SSSR count). The lowest BCUT2D eigenvalue weighted by molar-refractivity contribution is -0.120. The number of benzene rings is 1. The van der Waals surface area contributed by atoms with Gasteiger partial charge in [0, 0.05) is 24.8 Å². The molecule has 2 heterocycles. The standard InChI is InChI=1S/C19H26N4O3S3/c1-3-11-27-19-22-21-18(28-19)20-17(24)16-7-9-23(10-8-16)29(25,26)13-15-6-4-5-14(2)12-15/h4-6,12,16H,3,7-11,13H2,1-2H3,(H,20,21,24). The van der Waals surface area contributed by atoms with E-state index in [0.29, 0.717) is 31.1 Å². The van der Waals surface area contributed by atoms with Crippen LogP contribution in [0.2, 0.25) is 0 Å². The third-order valence-corrected chi connectivity index (χ3v) is 8.74. The van der Waals surface area contributed by atoms with Crippen LogP contribution in [0.5, 0.6) is 0 Å². The number of nitrogens with one attached hydrogen (secondary N) is 1. The van der Waals surface area contributed by atoms with Crippen LogP contribution in [0.1, 0.15) is 37.3 Å². The minimum Gasteiger partial charge on any atom is -0.300 e. The topological polar surface area (TPSA) is 92.3 Å². The van der Waals surface area contributed by atoms with E-state index in [1.54, 1.807) is 11.8 Å². The molecule has 7 nitrogen and oxygen atoms in total. The Kier molecular flexibility index (Phi) is 7.66. The molecule has 1 saturated heterocycles. The van der Waals surface area contributed by atoms with Crippen LogP contribution >= 0.6 is 23.1 Å². The quantitative estimate of drug-likeness (QED) is 0.485. The lowest BCUT2D eigenvalue weighted by Crippen LogP contribution is -2.41. The first kappa shape index (κ1) is 22.2. The number of carbonyl (C=O) groups is 1. The van der Waals surface area contributed by atoms with Crippen LogP contribution in [-0.4, -0.2) is 47.7 Å². The second-order valence-corrected chi connectivity index (χ2v) is 11.4. The predicted octanol–water partition coefficient (Wildman–Crippen LogP) is 3.53. The number of aromatic nitrogens is 2. The Morgan fingerprint density at radius 2 is 2.07 bits per heavy atom. The van der Waals surface area contributed by atoms with Crippen LogP contribution in [0.4, 0.5) is 5.13 Å².